The Labute approximate surface area is 177 Å². The van der Waals surface area contributed by atoms with Crippen molar-refractivity contribution in [3.05, 3.63) is 63.8 Å². The molecule has 0 aliphatic rings. The van der Waals surface area contributed by atoms with Crippen LogP contribution in [0.15, 0.2) is 34.9 Å². The van der Waals surface area contributed by atoms with Crippen molar-refractivity contribution in [3.8, 4) is 17.6 Å². The highest BCUT2D eigenvalue weighted by atomic mass is 79.9. The lowest BCUT2D eigenvalue weighted by Crippen LogP contribution is -2.07. The largest absolute Gasteiger partial charge is 0.449 e. The summed E-state index contributed by atoms with van der Waals surface area (Å²) < 4.78 is 85.3. The Balaban J connectivity index is 1.99. The number of nitriles is 1. The lowest BCUT2D eigenvalue weighted by molar-refractivity contribution is -0.138. The summed E-state index contributed by atoms with van der Waals surface area (Å²) in [5.74, 6) is -5.95. The number of anilines is 1. The number of hydrogen-bond donors (Lipinski definition) is 2. The Morgan fingerprint density at radius 2 is 1.81 bits per heavy atom. The molecule has 0 fully saturated rings. The van der Waals surface area contributed by atoms with Gasteiger partial charge in [0.15, 0.2) is 23.1 Å². The van der Waals surface area contributed by atoms with Crippen molar-refractivity contribution in [2.45, 2.75) is 6.18 Å². The molecule has 31 heavy (non-hydrogen) atoms. The number of hydrogen-bond acceptors (Lipinski definition) is 6. The third kappa shape index (κ3) is 4.94. The first-order valence-electron chi connectivity index (χ1n) is 7.94. The third-order valence-electron chi connectivity index (χ3n) is 3.64. The van der Waals surface area contributed by atoms with Crippen molar-refractivity contribution in [2.24, 2.45) is 0 Å². The summed E-state index contributed by atoms with van der Waals surface area (Å²) >= 11 is 2.92. The first-order chi connectivity index (χ1) is 14.6. The van der Waals surface area contributed by atoms with Gasteiger partial charge in [0.2, 0.25) is 5.82 Å². The van der Waals surface area contributed by atoms with E-state index in [9.17, 15) is 31.6 Å². The quantitative estimate of drug-likeness (QED) is 0.367. The van der Waals surface area contributed by atoms with Crippen LogP contribution in [-0.4, -0.2) is 20.6 Å². The molecule has 0 unspecified atom stereocenters. The molecule has 7 nitrogen and oxygen atoms in total. The van der Waals surface area contributed by atoms with Gasteiger partial charge in [-0.15, -0.1) is 10.2 Å². The fourth-order valence-electron chi connectivity index (χ4n) is 2.23. The average molecular weight is 505 g/mol. The first-order valence-corrected chi connectivity index (χ1v) is 8.73. The molecule has 3 rings (SSSR count). The van der Waals surface area contributed by atoms with E-state index in [4.69, 9.17) is 4.74 Å². The summed E-state index contributed by atoms with van der Waals surface area (Å²) in [4.78, 5) is 0. The van der Waals surface area contributed by atoms with Crippen LogP contribution in [0.25, 0.3) is 5.57 Å². The number of aromatic nitrogens is 4. The van der Waals surface area contributed by atoms with E-state index < -0.39 is 40.7 Å². The van der Waals surface area contributed by atoms with Crippen LogP contribution in [0.4, 0.5) is 32.0 Å². The van der Waals surface area contributed by atoms with Crippen LogP contribution in [0.1, 0.15) is 11.4 Å². The maximum Gasteiger partial charge on any atom is 0.416 e. The highest BCUT2D eigenvalue weighted by molar-refractivity contribution is 9.10. The minimum Gasteiger partial charge on any atom is -0.449 e. The van der Waals surface area contributed by atoms with Gasteiger partial charge in [-0.25, -0.2) is 13.2 Å². The summed E-state index contributed by atoms with van der Waals surface area (Å²) in [5.41, 5.74) is -1.77. The van der Waals surface area contributed by atoms with E-state index in [-0.39, 0.29) is 33.7 Å². The Hall–Kier alpha value is -3.60. The molecule has 0 aliphatic heterocycles. The summed E-state index contributed by atoms with van der Waals surface area (Å²) in [7, 11) is 0. The molecule has 0 spiro atoms. The maximum atomic E-state index is 14.1. The molecule has 2 N–H and O–H groups in total. The summed E-state index contributed by atoms with van der Waals surface area (Å²) in [5, 5.41) is 24.4. The van der Waals surface area contributed by atoms with Crippen LogP contribution in [-0.2, 0) is 6.18 Å². The van der Waals surface area contributed by atoms with Crippen LogP contribution in [0, 0.1) is 28.8 Å². The van der Waals surface area contributed by atoms with Gasteiger partial charge in [0.25, 0.3) is 0 Å². The predicted molar refractivity (Wildman–Crippen MR) is 96.9 cm³/mol. The zero-order chi connectivity index (χ0) is 22.8. The second kappa shape index (κ2) is 8.64. The van der Waals surface area contributed by atoms with Crippen LogP contribution >= 0.6 is 15.9 Å². The van der Waals surface area contributed by atoms with E-state index in [0.717, 1.165) is 18.3 Å². The van der Waals surface area contributed by atoms with Gasteiger partial charge in [0.1, 0.15) is 17.5 Å². The number of benzene rings is 2. The van der Waals surface area contributed by atoms with Gasteiger partial charge in [-0.05, 0) is 39.3 Å². The van der Waals surface area contributed by atoms with Crippen molar-refractivity contribution in [1.29, 1.82) is 5.26 Å². The van der Waals surface area contributed by atoms with Crippen LogP contribution in [0.2, 0.25) is 0 Å². The molecule has 0 saturated carbocycles. The zero-order valence-corrected chi connectivity index (χ0v) is 16.3. The Kier molecular flexibility index (Phi) is 6.16. The highest BCUT2D eigenvalue weighted by Crippen LogP contribution is 2.39. The number of nitrogens with zero attached hydrogens (tertiary/aromatic N) is 4. The van der Waals surface area contributed by atoms with Gasteiger partial charge in [-0.3, -0.25) is 0 Å². The standard InChI is InChI=1S/C17H7BrF6N6O/c18-9-3-13(26-6-7(5-25)16-27-29-30-28-16)14(4-10(9)19)31-15-11(20)1-8(2-12(15)21)17(22,23)24/h1-4,6,26H,(H,27,28,29,30). The summed E-state index contributed by atoms with van der Waals surface area (Å²) in [6.45, 7) is 0. The molecule has 1 heterocycles. The van der Waals surface area contributed by atoms with Gasteiger partial charge < -0.3 is 10.1 Å². The van der Waals surface area contributed by atoms with E-state index in [1.54, 1.807) is 6.07 Å². The number of H-pyrrole nitrogens is 1. The second-order valence-electron chi connectivity index (χ2n) is 5.68. The maximum absolute atomic E-state index is 14.1. The number of nitrogens with one attached hydrogen (secondary N) is 2. The average Bonchev–Trinajstić information content (AvgIpc) is 3.22. The van der Waals surface area contributed by atoms with Gasteiger partial charge in [0, 0.05) is 12.3 Å². The van der Waals surface area contributed by atoms with E-state index in [2.05, 4.69) is 41.9 Å². The molecule has 0 amide bonds. The number of allylic oxidation sites excluding steroid dienone is 1. The molecule has 0 saturated heterocycles. The smallest absolute Gasteiger partial charge is 0.416 e. The molecule has 160 valence electrons. The van der Waals surface area contributed by atoms with Crippen molar-refractivity contribution in [3.63, 3.8) is 0 Å². The van der Waals surface area contributed by atoms with Gasteiger partial charge in [0.05, 0.1) is 15.7 Å². The number of rotatable bonds is 5. The number of alkyl halides is 3. The predicted octanol–water partition coefficient (Wildman–Crippen LogP) is 5.17. The molecular formula is C17H7BrF6N6O. The molecule has 3 aromatic rings. The molecule has 0 radical (unpaired) electrons. The van der Waals surface area contributed by atoms with Crippen molar-refractivity contribution in [1.82, 2.24) is 20.6 Å². The Morgan fingerprint density at radius 1 is 1.13 bits per heavy atom. The lowest BCUT2D eigenvalue weighted by Gasteiger charge is -2.15. The number of ether oxygens (including phenoxy) is 1. The minimum atomic E-state index is -4.98. The molecule has 14 heteroatoms. The second-order valence-corrected chi connectivity index (χ2v) is 6.54. The third-order valence-corrected chi connectivity index (χ3v) is 4.25. The van der Waals surface area contributed by atoms with Crippen LogP contribution < -0.4 is 10.1 Å². The molecule has 0 bridgehead atoms. The first kappa shape index (κ1) is 22.1. The van der Waals surface area contributed by atoms with E-state index in [0.29, 0.717) is 0 Å². The van der Waals surface area contributed by atoms with Crippen molar-refractivity contribution < 1.29 is 31.1 Å². The monoisotopic (exact) mass is 504 g/mol. The topological polar surface area (TPSA) is 99.5 Å². The fourth-order valence-corrected chi connectivity index (χ4v) is 2.57. The fraction of sp³-hybridized carbons (Fsp3) is 0.0588. The van der Waals surface area contributed by atoms with E-state index in [1.807, 2.05) is 0 Å². The molecule has 2 aromatic carbocycles. The molecular weight excluding hydrogens is 498 g/mol. The molecule has 1 aromatic heterocycles. The van der Waals surface area contributed by atoms with Crippen LogP contribution in [0.5, 0.6) is 11.5 Å². The van der Waals surface area contributed by atoms with Crippen LogP contribution in [0.3, 0.4) is 0 Å². The van der Waals surface area contributed by atoms with E-state index in [1.165, 1.54) is 0 Å². The lowest BCUT2D eigenvalue weighted by atomic mass is 10.2. The molecule has 0 aliphatic carbocycles. The van der Waals surface area contributed by atoms with E-state index >= 15 is 0 Å². The number of tetrazole rings is 1. The summed E-state index contributed by atoms with van der Waals surface area (Å²) in [6, 6.07) is 3.71. The zero-order valence-electron chi connectivity index (χ0n) is 14.7. The Bertz CT molecular complexity index is 1170. The minimum absolute atomic E-state index is 0.0463. The van der Waals surface area contributed by atoms with Gasteiger partial charge in [-0.1, -0.05) is 0 Å². The SMILES string of the molecule is N#CC(=CNc1cc(Br)c(F)cc1Oc1c(F)cc(C(F)(F)F)cc1F)c1nn[nH]n1. The van der Waals surface area contributed by atoms with Crippen molar-refractivity contribution >= 4 is 27.2 Å². The Morgan fingerprint density at radius 3 is 2.35 bits per heavy atom. The number of halogens is 7. The van der Waals surface area contributed by atoms with Gasteiger partial charge >= 0.3 is 6.18 Å². The van der Waals surface area contributed by atoms with Crippen molar-refractivity contribution in [2.75, 3.05) is 5.32 Å². The highest BCUT2D eigenvalue weighted by Gasteiger charge is 2.33. The number of aromatic amines is 1. The molecule has 0 atom stereocenters. The normalized spacial score (nSPS) is 11.9. The summed E-state index contributed by atoms with van der Waals surface area (Å²) in [6.07, 6.45) is -3.90. The van der Waals surface area contributed by atoms with Gasteiger partial charge in [-0.2, -0.15) is 23.6 Å².